The van der Waals surface area contributed by atoms with Gasteiger partial charge in [0.1, 0.15) is 0 Å². The van der Waals surface area contributed by atoms with E-state index >= 15 is 0 Å². The average molecular weight is 293 g/mol. The average Bonchev–Trinajstić information content (AvgIpc) is 3.01. The molecule has 0 aliphatic heterocycles. The number of aryl methyl sites for hydroxylation is 2. The van der Waals surface area contributed by atoms with Crippen LogP contribution in [0, 0.1) is 13.8 Å². The molecule has 0 radical (unpaired) electrons. The molecule has 0 saturated carbocycles. The van der Waals surface area contributed by atoms with Gasteiger partial charge < -0.3 is 5.32 Å². The van der Waals surface area contributed by atoms with E-state index in [9.17, 15) is 0 Å². The minimum atomic E-state index is 0.862. The van der Waals surface area contributed by atoms with Crippen molar-refractivity contribution < 1.29 is 0 Å². The van der Waals surface area contributed by atoms with Crippen LogP contribution >= 0.6 is 11.3 Å². The molecule has 1 heterocycles. The van der Waals surface area contributed by atoms with Crippen LogP contribution in [-0.4, -0.2) is 0 Å². The van der Waals surface area contributed by atoms with E-state index in [0.29, 0.717) is 0 Å². The first-order valence-electron chi connectivity index (χ1n) is 7.17. The lowest BCUT2D eigenvalue weighted by Crippen LogP contribution is -2.04. The summed E-state index contributed by atoms with van der Waals surface area (Å²) in [6.45, 7) is 5.21. The first-order chi connectivity index (χ1) is 10.3. The number of para-hydroxylation sites is 1. The molecule has 3 rings (SSSR count). The summed E-state index contributed by atoms with van der Waals surface area (Å²) in [4.78, 5) is 1.31. The fourth-order valence-corrected chi connectivity index (χ4v) is 3.36. The molecule has 1 aromatic heterocycles. The van der Waals surface area contributed by atoms with Crippen LogP contribution in [0.1, 0.15) is 16.7 Å². The summed E-state index contributed by atoms with van der Waals surface area (Å²) in [6.07, 6.45) is 0. The Hall–Kier alpha value is -2.06. The van der Waals surface area contributed by atoms with E-state index in [1.807, 2.05) is 0 Å². The van der Waals surface area contributed by atoms with E-state index in [1.165, 1.54) is 32.8 Å². The monoisotopic (exact) mass is 293 g/mol. The second-order valence-corrected chi connectivity index (χ2v) is 6.19. The van der Waals surface area contributed by atoms with Crippen LogP contribution < -0.4 is 5.32 Å². The molecule has 0 aliphatic carbocycles. The van der Waals surface area contributed by atoms with Crippen molar-refractivity contribution in [1.82, 2.24) is 0 Å². The Morgan fingerprint density at radius 3 is 2.33 bits per heavy atom. The van der Waals surface area contributed by atoms with Crippen molar-refractivity contribution in [2.45, 2.75) is 20.4 Å². The molecular formula is C19H19NS. The minimum absolute atomic E-state index is 0.862. The van der Waals surface area contributed by atoms with Gasteiger partial charge in [0.05, 0.1) is 0 Å². The number of benzene rings is 2. The highest BCUT2D eigenvalue weighted by molar-refractivity contribution is 7.13. The van der Waals surface area contributed by atoms with Gasteiger partial charge in [0.25, 0.3) is 0 Å². The minimum Gasteiger partial charge on any atom is -0.380 e. The SMILES string of the molecule is Cc1cccc(C)c1CNc1ccccc1-c1cccs1. The van der Waals surface area contributed by atoms with Crippen LogP contribution in [0.2, 0.25) is 0 Å². The topological polar surface area (TPSA) is 12.0 Å². The standard InChI is InChI=1S/C19H19NS/c1-14-7-5-8-15(2)17(14)13-20-18-10-4-3-9-16(18)19-11-6-12-21-19/h3-12,20H,13H2,1-2H3. The molecule has 2 heteroatoms. The zero-order valence-electron chi connectivity index (χ0n) is 12.4. The number of rotatable bonds is 4. The fourth-order valence-electron chi connectivity index (χ4n) is 2.60. The van der Waals surface area contributed by atoms with Crippen LogP contribution in [0.4, 0.5) is 5.69 Å². The van der Waals surface area contributed by atoms with E-state index in [1.54, 1.807) is 11.3 Å². The van der Waals surface area contributed by atoms with E-state index in [-0.39, 0.29) is 0 Å². The molecule has 106 valence electrons. The maximum Gasteiger partial charge on any atom is 0.0430 e. The molecule has 0 aliphatic rings. The van der Waals surface area contributed by atoms with Gasteiger partial charge in [-0.15, -0.1) is 11.3 Å². The molecule has 0 spiro atoms. The number of hydrogen-bond donors (Lipinski definition) is 1. The fraction of sp³-hybridized carbons (Fsp3) is 0.158. The van der Waals surface area contributed by atoms with Gasteiger partial charge in [-0.2, -0.15) is 0 Å². The van der Waals surface area contributed by atoms with E-state index in [0.717, 1.165) is 6.54 Å². The third-order valence-corrected chi connectivity index (χ3v) is 4.72. The molecule has 0 bridgehead atoms. The van der Waals surface area contributed by atoms with Gasteiger partial charge in [-0.1, -0.05) is 42.5 Å². The summed E-state index contributed by atoms with van der Waals surface area (Å²) < 4.78 is 0. The first kappa shape index (κ1) is 13.9. The summed E-state index contributed by atoms with van der Waals surface area (Å²) >= 11 is 1.78. The van der Waals surface area contributed by atoms with Crippen LogP contribution in [0.3, 0.4) is 0 Å². The Balaban J connectivity index is 1.86. The highest BCUT2D eigenvalue weighted by atomic mass is 32.1. The van der Waals surface area contributed by atoms with Crippen molar-refractivity contribution in [3.05, 3.63) is 76.7 Å². The van der Waals surface area contributed by atoms with Gasteiger partial charge in [-0.3, -0.25) is 0 Å². The Morgan fingerprint density at radius 2 is 1.62 bits per heavy atom. The van der Waals surface area contributed by atoms with Crippen molar-refractivity contribution in [3.63, 3.8) is 0 Å². The molecule has 3 aromatic rings. The lowest BCUT2D eigenvalue weighted by atomic mass is 10.0. The lowest BCUT2D eigenvalue weighted by Gasteiger charge is -2.14. The van der Waals surface area contributed by atoms with Crippen molar-refractivity contribution in [2.24, 2.45) is 0 Å². The Kier molecular flexibility index (Phi) is 4.07. The van der Waals surface area contributed by atoms with Crippen molar-refractivity contribution in [3.8, 4) is 10.4 Å². The zero-order chi connectivity index (χ0) is 14.7. The van der Waals surface area contributed by atoms with Crippen molar-refractivity contribution >= 4 is 17.0 Å². The summed E-state index contributed by atoms with van der Waals surface area (Å²) in [7, 11) is 0. The third kappa shape index (κ3) is 3.01. The highest BCUT2D eigenvalue weighted by Crippen LogP contribution is 2.31. The molecule has 1 N–H and O–H groups in total. The molecule has 0 fully saturated rings. The molecule has 2 aromatic carbocycles. The van der Waals surface area contributed by atoms with Gasteiger partial charge in [0, 0.05) is 22.7 Å². The Morgan fingerprint density at radius 1 is 0.857 bits per heavy atom. The number of anilines is 1. The van der Waals surface area contributed by atoms with E-state index < -0.39 is 0 Å². The summed E-state index contributed by atoms with van der Waals surface area (Å²) in [5, 5.41) is 5.73. The van der Waals surface area contributed by atoms with Crippen LogP contribution in [0.5, 0.6) is 0 Å². The van der Waals surface area contributed by atoms with Crippen molar-refractivity contribution in [1.29, 1.82) is 0 Å². The van der Waals surface area contributed by atoms with Crippen LogP contribution in [-0.2, 0) is 6.54 Å². The van der Waals surface area contributed by atoms with Gasteiger partial charge in [0.15, 0.2) is 0 Å². The van der Waals surface area contributed by atoms with Gasteiger partial charge in [-0.25, -0.2) is 0 Å². The molecule has 0 amide bonds. The highest BCUT2D eigenvalue weighted by Gasteiger charge is 2.07. The predicted molar refractivity (Wildman–Crippen MR) is 93.0 cm³/mol. The maximum absolute atomic E-state index is 3.61. The lowest BCUT2D eigenvalue weighted by molar-refractivity contribution is 1.09. The van der Waals surface area contributed by atoms with Gasteiger partial charge in [-0.05, 0) is 48.1 Å². The normalized spacial score (nSPS) is 10.6. The zero-order valence-corrected chi connectivity index (χ0v) is 13.2. The van der Waals surface area contributed by atoms with Gasteiger partial charge >= 0.3 is 0 Å². The molecule has 0 saturated heterocycles. The number of thiophene rings is 1. The van der Waals surface area contributed by atoms with Crippen molar-refractivity contribution in [2.75, 3.05) is 5.32 Å². The molecular weight excluding hydrogens is 274 g/mol. The second-order valence-electron chi connectivity index (χ2n) is 5.25. The third-order valence-electron chi connectivity index (χ3n) is 3.81. The summed E-state index contributed by atoms with van der Waals surface area (Å²) in [5.41, 5.74) is 6.55. The first-order valence-corrected chi connectivity index (χ1v) is 8.05. The van der Waals surface area contributed by atoms with Crippen LogP contribution in [0.25, 0.3) is 10.4 Å². The Labute approximate surface area is 130 Å². The van der Waals surface area contributed by atoms with Crippen LogP contribution in [0.15, 0.2) is 60.0 Å². The quantitative estimate of drug-likeness (QED) is 0.656. The molecule has 1 nitrogen and oxygen atoms in total. The molecule has 0 atom stereocenters. The van der Waals surface area contributed by atoms with E-state index in [4.69, 9.17) is 0 Å². The predicted octanol–water partition coefficient (Wildman–Crippen LogP) is 5.64. The largest absolute Gasteiger partial charge is 0.380 e. The second kappa shape index (κ2) is 6.15. The van der Waals surface area contributed by atoms with E-state index in [2.05, 4.69) is 79.1 Å². The number of nitrogens with one attached hydrogen (secondary N) is 1. The number of hydrogen-bond acceptors (Lipinski definition) is 2. The summed E-state index contributed by atoms with van der Waals surface area (Å²) in [6, 6.07) is 19.3. The smallest absolute Gasteiger partial charge is 0.0430 e. The summed E-state index contributed by atoms with van der Waals surface area (Å²) in [5.74, 6) is 0. The molecule has 0 unspecified atom stereocenters. The maximum atomic E-state index is 3.61. The van der Waals surface area contributed by atoms with Gasteiger partial charge in [0.2, 0.25) is 0 Å². The molecule has 21 heavy (non-hydrogen) atoms. The Bertz CT molecular complexity index is 709.